The molecule has 1 unspecified atom stereocenters. The Kier molecular flexibility index (Phi) is 7.10. The zero-order chi connectivity index (χ0) is 9.56. The maximum absolute atomic E-state index is 9.38. The van der Waals surface area contributed by atoms with Gasteiger partial charge in [-0.15, -0.1) is 0 Å². The summed E-state index contributed by atoms with van der Waals surface area (Å²) in [6.45, 7) is 5.13. The Labute approximate surface area is 84.1 Å². The van der Waals surface area contributed by atoms with Crippen molar-refractivity contribution in [3.63, 3.8) is 0 Å². The Morgan fingerprint density at radius 3 is 2.17 bits per heavy atom. The minimum atomic E-state index is -0.240. The molecule has 0 aliphatic rings. The lowest BCUT2D eigenvalue weighted by molar-refractivity contribution is 0.117. The number of aliphatic hydroxyl groups excluding tert-OH is 1. The molecule has 3 heteroatoms. The Balaban J connectivity index is 3.75. The normalized spacial score (nSPS) is 14.2. The average Bonchev–Trinajstić information content (AvgIpc) is 2.06. The lowest BCUT2D eigenvalue weighted by Crippen LogP contribution is -2.37. The quantitative estimate of drug-likeness (QED) is 0.714. The molecule has 0 rings (SSSR count). The molecule has 0 amide bonds. The van der Waals surface area contributed by atoms with Crippen molar-refractivity contribution in [3.05, 3.63) is 0 Å². The number of alkyl halides is 1. The van der Waals surface area contributed by atoms with E-state index in [1.165, 1.54) is 0 Å². The second kappa shape index (κ2) is 6.87. The van der Waals surface area contributed by atoms with Gasteiger partial charge in [-0.05, 0) is 19.9 Å². The summed E-state index contributed by atoms with van der Waals surface area (Å²) in [5.41, 5.74) is 0. The largest absolute Gasteiger partial charge is 0.391 e. The smallest absolute Gasteiger partial charge is 0.0763 e. The van der Waals surface area contributed by atoms with Gasteiger partial charge in [0, 0.05) is 17.9 Å². The van der Waals surface area contributed by atoms with E-state index in [2.05, 4.69) is 41.7 Å². The molecule has 0 aromatic carbocycles. The van der Waals surface area contributed by atoms with Crippen molar-refractivity contribution in [2.24, 2.45) is 0 Å². The highest BCUT2D eigenvalue weighted by molar-refractivity contribution is 9.09. The first kappa shape index (κ1) is 12.4. The summed E-state index contributed by atoms with van der Waals surface area (Å²) in [7, 11) is 2.07. The molecule has 0 aliphatic carbocycles. The number of aliphatic hydroxyl groups is 1. The highest BCUT2D eigenvalue weighted by Crippen LogP contribution is 2.06. The highest BCUT2D eigenvalue weighted by Gasteiger charge is 2.13. The van der Waals surface area contributed by atoms with Crippen molar-refractivity contribution >= 4 is 15.9 Å². The molecule has 0 aromatic heterocycles. The van der Waals surface area contributed by atoms with Crippen LogP contribution in [0.1, 0.15) is 26.7 Å². The van der Waals surface area contributed by atoms with E-state index < -0.39 is 0 Å². The van der Waals surface area contributed by atoms with Gasteiger partial charge in [-0.3, -0.25) is 0 Å². The first-order chi connectivity index (χ1) is 5.65. The molecule has 0 saturated carbocycles. The minimum absolute atomic E-state index is 0.240. The molecule has 2 nitrogen and oxygen atoms in total. The summed E-state index contributed by atoms with van der Waals surface area (Å²) >= 11 is 3.26. The van der Waals surface area contributed by atoms with Crippen LogP contribution in [0.2, 0.25) is 0 Å². The molecule has 1 atom stereocenters. The topological polar surface area (TPSA) is 23.5 Å². The van der Waals surface area contributed by atoms with E-state index in [4.69, 9.17) is 0 Å². The van der Waals surface area contributed by atoms with Crippen LogP contribution in [0.3, 0.4) is 0 Å². The third-order valence-corrected chi connectivity index (χ3v) is 2.99. The molecule has 0 spiro atoms. The maximum atomic E-state index is 9.38. The summed E-state index contributed by atoms with van der Waals surface area (Å²) in [6, 6.07) is 0.610. The fourth-order valence-electron chi connectivity index (χ4n) is 1.44. The molecule has 12 heavy (non-hydrogen) atoms. The Morgan fingerprint density at radius 1 is 1.33 bits per heavy atom. The molecule has 0 bridgehead atoms. The van der Waals surface area contributed by atoms with E-state index in [1.54, 1.807) is 0 Å². The standard InChI is InChI=1S/C9H20BrNO/c1-4-8(5-2)11(3)7-9(12)6-10/h8-9,12H,4-7H2,1-3H3. The summed E-state index contributed by atoms with van der Waals surface area (Å²) < 4.78 is 0. The number of rotatable bonds is 6. The zero-order valence-electron chi connectivity index (χ0n) is 8.26. The minimum Gasteiger partial charge on any atom is -0.391 e. The number of hydrogen-bond acceptors (Lipinski definition) is 2. The fraction of sp³-hybridized carbons (Fsp3) is 1.00. The van der Waals surface area contributed by atoms with Gasteiger partial charge in [0.1, 0.15) is 0 Å². The second-order valence-electron chi connectivity index (χ2n) is 3.22. The summed E-state index contributed by atoms with van der Waals surface area (Å²) in [5, 5.41) is 10.0. The summed E-state index contributed by atoms with van der Waals surface area (Å²) in [4.78, 5) is 2.23. The summed E-state index contributed by atoms with van der Waals surface area (Å²) in [5.74, 6) is 0. The van der Waals surface area contributed by atoms with Crippen LogP contribution in [-0.4, -0.2) is 41.1 Å². The van der Waals surface area contributed by atoms with Crippen molar-refractivity contribution < 1.29 is 5.11 Å². The van der Waals surface area contributed by atoms with Gasteiger partial charge < -0.3 is 10.0 Å². The molecular formula is C9H20BrNO. The van der Waals surface area contributed by atoms with Crippen LogP contribution >= 0.6 is 15.9 Å². The lowest BCUT2D eigenvalue weighted by Gasteiger charge is -2.27. The van der Waals surface area contributed by atoms with E-state index >= 15 is 0 Å². The maximum Gasteiger partial charge on any atom is 0.0763 e. The van der Waals surface area contributed by atoms with Gasteiger partial charge in [0.25, 0.3) is 0 Å². The Bertz CT molecular complexity index is 107. The van der Waals surface area contributed by atoms with Crippen molar-refractivity contribution in [2.75, 3.05) is 18.9 Å². The van der Waals surface area contributed by atoms with Gasteiger partial charge in [0.15, 0.2) is 0 Å². The van der Waals surface area contributed by atoms with Crippen LogP contribution in [0.5, 0.6) is 0 Å². The van der Waals surface area contributed by atoms with Crippen LogP contribution in [0.25, 0.3) is 0 Å². The first-order valence-electron chi connectivity index (χ1n) is 4.59. The van der Waals surface area contributed by atoms with Crippen molar-refractivity contribution in [1.29, 1.82) is 0 Å². The van der Waals surface area contributed by atoms with E-state index in [9.17, 15) is 5.11 Å². The second-order valence-corrected chi connectivity index (χ2v) is 3.87. The molecular weight excluding hydrogens is 218 g/mol. The van der Waals surface area contributed by atoms with Gasteiger partial charge in [-0.1, -0.05) is 29.8 Å². The lowest BCUT2D eigenvalue weighted by atomic mass is 10.1. The third kappa shape index (κ3) is 4.43. The van der Waals surface area contributed by atoms with Crippen LogP contribution in [0, 0.1) is 0 Å². The number of hydrogen-bond donors (Lipinski definition) is 1. The summed E-state index contributed by atoms with van der Waals surface area (Å²) in [6.07, 6.45) is 2.07. The van der Waals surface area contributed by atoms with Crippen LogP contribution in [-0.2, 0) is 0 Å². The first-order valence-corrected chi connectivity index (χ1v) is 5.72. The third-order valence-electron chi connectivity index (χ3n) is 2.24. The monoisotopic (exact) mass is 237 g/mol. The molecule has 0 fully saturated rings. The van der Waals surface area contributed by atoms with Crippen molar-refractivity contribution in [1.82, 2.24) is 4.90 Å². The van der Waals surface area contributed by atoms with E-state index in [-0.39, 0.29) is 6.10 Å². The van der Waals surface area contributed by atoms with Gasteiger partial charge >= 0.3 is 0 Å². The number of likely N-dealkylation sites (N-methyl/N-ethyl adjacent to an activating group) is 1. The highest BCUT2D eigenvalue weighted by atomic mass is 79.9. The fourth-order valence-corrected chi connectivity index (χ4v) is 1.65. The SMILES string of the molecule is CCC(CC)N(C)CC(O)CBr. The van der Waals surface area contributed by atoms with E-state index in [1.807, 2.05) is 0 Å². The van der Waals surface area contributed by atoms with Crippen LogP contribution < -0.4 is 0 Å². The van der Waals surface area contributed by atoms with E-state index in [0.29, 0.717) is 11.4 Å². The Hall–Kier alpha value is 0.400. The predicted octanol–water partition coefficient (Wildman–Crippen LogP) is 1.86. The van der Waals surface area contributed by atoms with Crippen LogP contribution in [0.15, 0.2) is 0 Å². The van der Waals surface area contributed by atoms with Gasteiger partial charge in [0.2, 0.25) is 0 Å². The predicted molar refractivity (Wildman–Crippen MR) is 56.8 cm³/mol. The molecule has 1 N–H and O–H groups in total. The molecule has 0 saturated heterocycles. The molecule has 0 aromatic rings. The van der Waals surface area contributed by atoms with Crippen LogP contribution in [0.4, 0.5) is 0 Å². The van der Waals surface area contributed by atoms with Gasteiger partial charge in [-0.2, -0.15) is 0 Å². The number of halogens is 1. The molecule has 0 aliphatic heterocycles. The zero-order valence-corrected chi connectivity index (χ0v) is 9.84. The molecule has 0 radical (unpaired) electrons. The van der Waals surface area contributed by atoms with Crippen molar-refractivity contribution in [3.8, 4) is 0 Å². The molecule has 74 valence electrons. The molecule has 0 heterocycles. The van der Waals surface area contributed by atoms with Gasteiger partial charge in [-0.25, -0.2) is 0 Å². The average molecular weight is 238 g/mol. The van der Waals surface area contributed by atoms with Gasteiger partial charge in [0.05, 0.1) is 6.10 Å². The van der Waals surface area contributed by atoms with Crippen molar-refractivity contribution in [2.45, 2.75) is 38.8 Å². The number of nitrogens with zero attached hydrogens (tertiary/aromatic N) is 1. The Morgan fingerprint density at radius 2 is 1.83 bits per heavy atom. The van der Waals surface area contributed by atoms with E-state index in [0.717, 1.165) is 19.4 Å².